The van der Waals surface area contributed by atoms with Crippen LogP contribution in [0.3, 0.4) is 0 Å². The molecule has 0 bridgehead atoms. The topological polar surface area (TPSA) is 114 Å². The van der Waals surface area contributed by atoms with Crippen molar-refractivity contribution >= 4 is 39.1 Å². The molecule has 2 N–H and O–H groups in total. The Balaban J connectivity index is 1.65. The van der Waals surface area contributed by atoms with E-state index in [9.17, 15) is 14.4 Å². The normalized spacial score (nSPS) is 10.6. The molecule has 0 aliphatic carbocycles. The van der Waals surface area contributed by atoms with Gasteiger partial charge in [0.2, 0.25) is 5.91 Å². The molecule has 0 saturated heterocycles. The second-order valence-corrected chi connectivity index (χ2v) is 6.07. The summed E-state index contributed by atoms with van der Waals surface area (Å²) in [6.07, 6.45) is -0.0695. The van der Waals surface area contributed by atoms with Crippen molar-refractivity contribution in [2.75, 3.05) is 5.32 Å². The molecule has 2 aromatic heterocycles. The van der Waals surface area contributed by atoms with Crippen molar-refractivity contribution in [2.45, 2.75) is 20.0 Å². The fourth-order valence-corrected chi connectivity index (χ4v) is 2.97. The Kier molecular flexibility index (Phi) is 4.85. The molecule has 25 heavy (non-hydrogen) atoms. The maximum Gasteiger partial charge on any atom is 0.312 e. The molecule has 0 fully saturated rings. The van der Waals surface area contributed by atoms with Crippen LogP contribution in [0.15, 0.2) is 34.4 Å². The number of carbonyl (C=O) groups is 2. The Hall–Kier alpha value is -3.07. The number of carbonyl (C=O) groups excluding carboxylic acids is 2. The van der Waals surface area contributed by atoms with E-state index < -0.39 is 5.97 Å². The predicted octanol–water partition coefficient (Wildman–Crippen LogP) is 1.62. The van der Waals surface area contributed by atoms with E-state index in [2.05, 4.69) is 20.5 Å². The number of nitrogens with one attached hydrogen (secondary N) is 2. The van der Waals surface area contributed by atoms with Gasteiger partial charge in [-0.3, -0.25) is 14.4 Å². The summed E-state index contributed by atoms with van der Waals surface area (Å²) in [5.41, 5.74) is 0.680. The van der Waals surface area contributed by atoms with Crippen molar-refractivity contribution in [1.29, 1.82) is 0 Å². The number of H-pyrrole nitrogens is 1. The van der Waals surface area contributed by atoms with E-state index in [-0.39, 0.29) is 24.5 Å². The van der Waals surface area contributed by atoms with E-state index >= 15 is 0 Å². The van der Waals surface area contributed by atoms with Gasteiger partial charge in [-0.05, 0) is 6.07 Å². The Morgan fingerprint density at radius 2 is 2.04 bits per heavy atom. The molecule has 128 valence electrons. The third-order valence-electron chi connectivity index (χ3n) is 3.30. The first-order chi connectivity index (χ1) is 12.0. The summed E-state index contributed by atoms with van der Waals surface area (Å²) in [5, 5.41) is 12.1. The number of aromatic nitrogens is 3. The SMILES string of the molecule is CC(=O)Nc1nc(COC(=O)Cc2n[nH]c(=O)c3ccccc23)cs1. The lowest BCUT2D eigenvalue weighted by molar-refractivity contribution is -0.144. The first kappa shape index (κ1) is 16.8. The molecule has 0 atom stereocenters. The maximum atomic E-state index is 12.1. The highest BCUT2D eigenvalue weighted by Crippen LogP contribution is 2.17. The van der Waals surface area contributed by atoms with Crippen LogP contribution in [-0.4, -0.2) is 27.1 Å². The standard InChI is InChI=1S/C16H14N4O4S/c1-9(21)17-16-18-10(8-25-16)7-24-14(22)6-13-11-4-2-3-5-12(11)15(23)20-19-13/h2-5,8H,6-7H2,1H3,(H,20,23)(H,17,18,21). The fraction of sp³-hybridized carbons (Fsp3) is 0.188. The smallest absolute Gasteiger partial charge is 0.312 e. The zero-order valence-corrected chi connectivity index (χ0v) is 14.1. The van der Waals surface area contributed by atoms with Crippen LogP contribution in [0.5, 0.6) is 0 Å². The average Bonchev–Trinajstić information content (AvgIpc) is 3.02. The number of rotatable bonds is 5. The summed E-state index contributed by atoms with van der Waals surface area (Å²) < 4.78 is 5.19. The van der Waals surface area contributed by atoms with Gasteiger partial charge >= 0.3 is 5.97 Å². The van der Waals surface area contributed by atoms with Gasteiger partial charge in [0, 0.05) is 17.7 Å². The van der Waals surface area contributed by atoms with Crippen LogP contribution >= 0.6 is 11.3 Å². The lowest BCUT2D eigenvalue weighted by Gasteiger charge is -2.05. The highest BCUT2D eigenvalue weighted by Gasteiger charge is 2.13. The van der Waals surface area contributed by atoms with Gasteiger partial charge in [-0.1, -0.05) is 18.2 Å². The number of aromatic amines is 1. The lowest BCUT2D eigenvalue weighted by atomic mass is 10.1. The van der Waals surface area contributed by atoms with E-state index in [1.807, 2.05) is 0 Å². The van der Waals surface area contributed by atoms with Gasteiger partial charge in [0.05, 0.1) is 23.2 Å². The first-order valence-corrected chi connectivity index (χ1v) is 8.25. The quantitative estimate of drug-likeness (QED) is 0.670. The molecule has 0 spiro atoms. The summed E-state index contributed by atoms with van der Waals surface area (Å²) in [6, 6.07) is 6.93. The molecule has 1 aromatic carbocycles. The molecule has 2 heterocycles. The first-order valence-electron chi connectivity index (χ1n) is 7.37. The molecule has 0 aliphatic heterocycles. The molecule has 1 amide bonds. The molecule has 0 aliphatic rings. The van der Waals surface area contributed by atoms with Crippen molar-refractivity contribution in [3.63, 3.8) is 0 Å². The minimum Gasteiger partial charge on any atom is -0.459 e. The number of amides is 1. The van der Waals surface area contributed by atoms with Crippen LogP contribution in [0.2, 0.25) is 0 Å². The summed E-state index contributed by atoms with van der Waals surface area (Å²) >= 11 is 1.25. The largest absolute Gasteiger partial charge is 0.459 e. The van der Waals surface area contributed by atoms with Gasteiger partial charge in [0.25, 0.3) is 5.56 Å². The molecule has 0 unspecified atom stereocenters. The molecule has 3 rings (SSSR count). The van der Waals surface area contributed by atoms with Gasteiger partial charge in [-0.2, -0.15) is 5.10 Å². The van der Waals surface area contributed by atoms with Crippen molar-refractivity contribution < 1.29 is 14.3 Å². The van der Waals surface area contributed by atoms with Gasteiger partial charge < -0.3 is 10.1 Å². The molecule has 3 aromatic rings. The van der Waals surface area contributed by atoms with Gasteiger partial charge in [0.1, 0.15) is 6.61 Å². The van der Waals surface area contributed by atoms with Crippen LogP contribution in [-0.2, 0) is 27.4 Å². The highest BCUT2D eigenvalue weighted by molar-refractivity contribution is 7.13. The Morgan fingerprint density at radius 3 is 2.80 bits per heavy atom. The van der Waals surface area contributed by atoms with Crippen molar-refractivity contribution in [3.8, 4) is 0 Å². The Labute approximate surface area is 145 Å². The predicted molar refractivity (Wildman–Crippen MR) is 92.3 cm³/mol. The summed E-state index contributed by atoms with van der Waals surface area (Å²) in [4.78, 5) is 38.9. The third-order valence-corrected chi connectivity index (χ3v) is 4.11. The van der Waals surface area contributed by atoms with Crippen LogP contribution in [0, 0.1) is 0 Å². The molecule has 0 radical (unpaired) electrons. The van der Waals surface area contributed by atoms with Gasteiger partial charge in [-0.25, -0.2) is 10.1 Å². The van der Waals surface area contributed by atoms with Crippen LogP contribution < -0.4 is 10.9 Å². The van der Waals surface area contributed by atoms with Crippen molar-refractivity contribution in [1.82, 2.24) is 15.2 Å². The highest BCUT2D eigenvalue weighted by atomic mass is 32.1. The third kappa shape index (κ3) is 4.07. The fourth-order valence-electron chi connectivity index (χ4n) is 2.23. The number of thiazole rings is 1. The Bertz CT molecular complexity index is 995. The number of fused-ring (bicyclic) bond motifs is 1. The number of anilines is 1. The summed E-state index contributed by atoms with van der Waals surface area (Å²) in [7, 11) is 0. The lowest BCUT2D eigenvalue weighted by Crippen LogP contribution is -2.15. The van der Waals surface area contributed by atoms with E-state index in [4.69, 9.17) is 4.74 Å². The number of nitrogens with zero attached hydrogens (tertiary/aromatic N) is 2. The molecule has 0 saturated carbocycles. The summed E-state index contributed by atoms with van der Waals surface area (Å²) in [6.45, 7) is 1.39. The molecular formula is C16H14N4O4S. The molecular weight excluding hydrogens is 344 g/mol. The second-order valence-electron chi connectivity index (χ2n) is 5.21. The van der Waals surface area contributed by atoms with Crippen molar-refractivity contribution in [3.05, 3.63) is 51.4 Å². The molecule has 9 heteroatoms. The number of benzene rings is 1. The zero-order chi connectivity index (χ0) is 17.8. The minimum atomic E-state index is -0.487. The van der Waals surface area contributed by atoms with Gasteiger partial charge in [-0.15, -0.1) is 11.3 Å². The van der Waals surface area contributed by atoms with Crippen LogP contribution in [0.25, 0.3) is 10.8 Å². The summed E-state index contributed by atoms with van der Waals surface area (Å²) in [5.74, 6) is -0.701. The van der Waals surface area contributed by atoms with Gasteiger partial charge in [0.15, 0.2) is 5.13 Å². The van der Waals surface area contributed by atoms with Crippen LogP contribution in [0.1, 0.15) is 18.3 Å². The Morgan fingerprint density at radius 1 is 1.28 bits per heavy atom. The zero-order valence-electron chi connectivity index (χ0n) is 13.2. The van der Waals surface area contributed by atoms with Crippen LogP contribution in [0.4, 0.5) is 5.13 Å². The molecule has 8 nitrogen and oxygen atoms in total. The van der Waals surface area contributed by atoms with E-state index in [0.29, 0.717) is 27.3 Å². The number of hydrogen-bond donors (Lipinski definition) is 2. The average molecular weight is 358 g/mol. The van der Waals surface area contributed by atoms with Crippen molar-refractivity contribution in [2.24, 2.45) is 0 Å². The van der Waals surface area contributed by atoms with E-state index in [1.54, 1.807) is 29.6 Å². The number of hydrogen-bond acceptors (Lipinski definition) is 7. The minimum absolute atomic E-state index is 0.00377. The monoisotopic (exact) mass is 358 g/mol. The second kappa shape index (κ2) is 7.22. The number of ether oxygens (including phenoxy) is 1. The maximum absolute atomic E-state index is 12.1. The number of esters is 1. The van der Waals surface area contributed by atoms with E-state index in [1.165, 1.54) is 18.3 Å². The van der Waals surface area contributed by atoms with E-state index in [0.717, 1.165) is 0 Å².